The molecule has 1 N–H and O–H groups in total. The van der Waals surface area contributed by atoms with Crippen molar-refractivity contribution in [3.63, 3.8) is 0 Å². The quantitative estimate of drug-likeness (QED) is 0.941. The second-order valence-corrected chi connectivity index (χ2v) is 7.45. The van der Waals surface area contributed by atoms with Gasteiger partial charge in [0, 0.05) is 30.1 Å². The van der Waals surface area contributed by atoms with Crippen molar-refractivity contribution in [2.45, 2.75) is 45.1 Å². The Hall–Kier alpha value is -1.40. The highest BCUT2D eigenvalue weighted by molar-refractivity contribution is 7.15. The highest BCUT2D eigenvalue weighted by Crippen LogP contribution is 2.42. The smallest absolute Gasteiger partial charge is 0.307 e. The molecule has 0 bridgehead atoms. The highest BCUT2D eigenvalue weighted by atomic mass is 32.1. The van der Waals surface area contributed by atoms with Crippen molar-refractivity contribution in [1.82, 2.24) is 14.3 Å². The van der Waals surface area contributed by atoms with E-state index in [1.165, 1.54) is 24.2 Å². The molecule has 2 aliphatic rings. The number of rotatable bonds is 4. The Bertz CT molecular complexity index is 716. The van der Waals surface area contributed by atoms with Crippen LogP contribution < -0.4 is 0 Å². The molecular weight excluding hydrogens is 298 g/mol. The van der Waals surface area contributed by atoms with E-state index < -0.39 is 5.97 Å². The van der Waals surface area contributed by atoms with Gasteiger partial charge in [-0.1, -0.05) is 0 Å². The molecule has 0 amide bonds. The SMILES string of the molecule is Cc1nc2scc(C3CC3)n2c1CN1CCCC(C(=O)O)C1. The first-order valence-electron chi connectivity index (χ1n) is 8.04. The summed E-state index contributed by atoms with van der Waals surface area (Å²) < 4.78 is 2.34. The summed E-state index contributed by atoms with van der Waals surface area (Å²) in [7, 11) is 0. The first-order valence-corrected chi connectivity index (χ1v) is 8.92. The number of imidazole rings is 1. The molecule has 6 heteroatoms. The molecule has 0 radical (unpaired) electrons. The van der Waals surface area contributed by atoms with E-state index in [2.05, 4.69) is 21.6 Å². The van der Waals surface area contributed by atoms with Crippen LogP contribution in [0.1, 0.15) is 48.7 Å². The van der Waals surface area contributed by atoms with E-state index in [9.17, 15) is 9.90 Å². The zero-order valence-corrected chi connectivity index (χ0v) is 13.6. The van der Waals surface area contributed by atoms with Crippen LogP contribution in [-0.4, -0.2) is 38.4 Å². The first-order chi connectivity index (χ1) is 10.6. The van der Waals surface area contributed by atoms with Crippen LogP contribution in [0.5, 0.6) is 0 Å². The maximum Gasteiger partial charge on any atom is 0.307 e. The number of aromatic nitrogens is 2. The van der Waals surface area contributed by atoms with Crippen molar-refractivity contribution in [2.24, 2.45) is 5.92 Å². The molecule has 2 fully saturated rings. The molecule has 1 unspecified atom stereocenters. The predicted octanol–water partition coefficient (Wildman–Crippen LogP) is 2.88. The normalized spacial score (nSPS) is 23.2. The average Bonchev–Trinajstić information content (AvgIpc) is 3.19. The number of carbonyl (C=O) groups is 1. The van der Waals surface area contributed by atoms with Gasteiger partial charge in [0.2, 0.25) is 0 Å². The van der Waals surface area contributed by atoms with Crippen LogP contribution in [0, 0.1) is 12.8 Å². The van der Waals surface area contributed by atoms with Gasteiger partial charge in [-0.15, -0.1) is 11.3 Å². The topological polar surface area (TPSA) is 57.8 Å². The Morgan fingerprint density at radius 3 is 3.00 bits per heavy atom. The van der Waals surface area contributed by atoms with Crippen molar-refractivity contribution < 1.29 is 9.90 Å². The monoisotopic (exact) mass is 319 g/mol. The lowest BCUT2D eigenvalue weighted by Crippen LogP contribution is -2.38. The maximum atomic E-state index is 11.2. The van der Waals surface area contributed by atoms with Crippen molar-refractivity contribution in [1.29, 1.82) is 0 Å². The molecule has 0 aromatic carbocycles. The minimum atomic E-state index is -0.658. The van der Waals surface area contributed by atoms with Gasteiger partial charge in [0.1, 0.15) is 0 Å². The summed E-state index contributed by atoms with van der Waals surface area (Å²) in [6, 6.07) is 0. The fraction of sp³-hybridized carbons (Fsp3) is 0.625. The van der Waals surface area contributed by atoms with E-state index >= 15 is 0 Å². The average molecular weight is 319 g/mol. The van der Waals surface area contributed by atoms with Crippen LogP contribution in [0.4, 0.5) is 0 Å². The van der Waals surface area contributed by atoms with Crippen LogP contribution in [0.2, 0.25) is 0 Å². The third kappa shape index (κ3) is 2.44. The number of hydrogen-bond donors (Lipinski definition) is 1. The molecule has 5 nitrogen and oxygen atoms in total. The van der Waals surface area contributed by atoms with Crippen LogP contribution >= 0.6 is 11.3 Å². The molecule has 4 rings (SSSR count). The van der Waals surface area contributed by atoms with Gasteiger partial charge in [0.15, 0.2) is 4.96 Å². The zero-order chi connectivity index (χ0) is 15.3. The number of aliphatic carboxylic acids is 1. The van der Waals surface area contributed by atoms with Gasteiger partial charge in [-0.05, 0) is 39.2 Å². The number of nitrogens with zero attached hydrogens (tertiary/aromatic N) is 3. The fourth-order valence-electron chi connectivity index (χ4n) is 3.50. The molecular formula is C16H21N3O2S. The molecule has 1 aliphatic heterocycles. The van der Waals surface area contributed by atoms with Crippen LogP contribution in [-0.2, 0) is 11.3 Å². The third-order valence-electron chi connectivity index (χ3n) is 4.91. The van der Waals surface area contributed by atoms with Gasteiger partial charge in [0.25, 0.3) is 0 Å². The van der Waals surface area contributed by atoms with Gasteiger partial charge in [-0.25, -0.2) is 4.98 Å². The summed E-state index contributed by atoms with van der Waals surface area (Å²) in [5, 5.41) is 11.5. The zero-order valence-electron chi connectivity index (χ0n) is 12.8. The molecule has 0 spiro atoms. The van der Waals surface area contributed by atoms with E-state index in [4.69, 9.17) is 4.98 Å². The van der Waals surface area contributed by atoms with Crippen LogP contribution in [0.3, 0.4) is 0 Å². The molecule has 2 aromatic rings. The Balaban J connectivity index is 1.62. The largest absolute Gasteiger partial charge is 0.481 e. The van der Waals surface area contributed by atoms with Crippen molar-refractivity contribution in [3.8, 4) is 0 Å². The highest BCUT2D eigenvalue weighted by Gasteiger charge is 2.30. The minimum absolute atomic E-state index is 0.220. The van der Waals surface area contributed by atoms with Gasteiger partial charge in [-0.2, -0.15) is 0 Å². The van der Waals surface area contributed by atoms with Gasteiger partial charge in [-0.3, -0.25) is 14.1 Å². The predicted molar refractivity (Wildman–Crippen MR) is 85.4 cm³/mol. The summed E-state index contributed by atoms with van der Waals surface area (Å²) in [4.78, 5) is 19.3. The fourth-order valence-corrected chi connectivity index (χ4v) is 4.54. The standard InChI is InChI=1S/C16H21N3O2S/c1-10-13(8-18-6-2-3-12(7-18)15(20)21)19-14(11-4-5-11)9-22-16(19)17-10/h9,11-12H,2-8H2,1H3,(H,20,21). The number of piperidine rings is 1. The first kappa shape index (κ1) is 14.2. The van der Waals surface area contributed by atoms with Gasteiger partial charge >= 0.3 is 5.97 Å². The lowest BCUT2D eigenvalue weighted by atomic mass is 9.98. The number of thiazole rings is 1. The summed E-state index contributed by atoms with van der Waals surface area (Å²) in [5.41, 5.74) is 3.75. The van der Waals surface area contributed by atoms with E-state index in [0.29, 0.717) is 12.5 Å². The number of carboxylic acids is 1. The summed E-state index contributed by atoms with van der Waals surface area (Å²) in [5.74, 6) is -0.175. The van der Waals surface area contributed by atoms with Gasteiger partial charge in [0.05, 0.1) is 17.3 Å². The van der Waals surface area contributed by atoms with Crippen molar-refractivity contribution in [3.05, 3.63) is 22.5 Å². The number of hydrogen-bond acceptors (Lipinski definition) is 4. The van der Waals surface area contributed by atoms with Gasteiger partial charge < -0.3 is 5.11 Å². The number of carboxylic acid groups (broad SMARTS) is 1. The third-order valence-corrected chi connectivity index (χ3v) is 5.75. The number of aryl methyl sites for hydroxylation is 1. The van der Waals surface area contributed by atoms with Crippen molar-refractivity contribution in [2.75, 3.05) is 13.1 Å². The van der Waals surface area contributed by atoms with Crippen molar-refractivity contribution >= 4 is 22.3 Å². The maximum absolute atomic E-state index is 11.2. The summed E-state index contributed by atoms with van der Waals surface area (Å²) in [6.45, 7) is 4.53. The van der Waals surface area contributed by atoms with E-state index in [1.54, 1.807) is 11.3 Å². The minimum Gasteiger partial charge on any atom is -0.481 e. The molecule has 3 heterocycles. The molecule has 1 saturated carbocycles. The molecule has 1 aliphatic carbocycles. The van der Waals surface area contributed by atoms with Crippen LogP contribution in [0.25, 0.3) is 4.96 Å². The molecule has 1 saturated heterocycles. The summed E-state index contributed by atoms with van der Waals surface area (Å²) >= 11 is 1.72. The second kappa shape index (κ2) is 5.35. The second-order valence-electron chi connectivity index (χ2n) is 6.61. The van der Waals surface area contributed by atoms with Crippen LogP contribution in [0.15, 0.2) is 5.38 Å². The Morgan fingerprint density at radius 1 is 1.45 bits per heavy atom. The lowest BCUT2D eigenvalue weighted by Gasteiger charge is -2.30. The molecule has 118 valence electrons. The Kier molecular flexibility index (Phi) is 3.46. The Morgan fingerprint density at radius 2 is 2.27 bits per heavy atom. The summed E-state index contributed by atoms with van der Waals surface area (Å²) in [6.07, 6.45) is 4.34. The molecule has 1 atom stereocenters. The Labute approximate surface area is 133 Å². The number of likely N-dealkylation sites (tertiary alicyclic amines) is 1. The molecule has 22 heavy (non-hydrogen) atoms. The van der Waals surface area contributed by atoms with E-state index in [0.717, 1.165) is 36.6 Å². The number of fused-ring (bicyclic) bond motifs is 1. The van der Waals surface area contributed by atoms with E-state index in [1.807, 2.05) is 0 Å². The molecule has 2 aromatic heterocycles. The van der Waals surface area contributed by atoms with E-state index in [-0.39, 0.29) is 5.92 Å². The lowest BCUT2D eigenvalue weighted by molar-refractivity contribution is -0.143.